The Morgan fingerprint density at radius 2 is 2.28 bits per heavy atom. The molecule has 1 atom stereocenters. The second kappa shape index (κ2) is 4.80. The van der Waals surface area contributed by atoms with Crippen LogP contribution in [-0.2, 0) is 11.8 Å². The summed E-state index contributed by atoms with van der Waals surface area (Å²) in [7, 11) is 1.75. The lowest BCUT2D eigenvalue weighted by Crippen LogP contribution is -2.38. The van der Waals surface area contributed by atoms with Crippen LogP contribution in [0.5, 0.6) is 0 Å². The van der Waals surface area contributed by atoms with Gasteiger partial charge in [-0.15, -0.1) is 0 Å². The van der Waals surface area contributed by atoms with Gasteiger partial charge in [-0.3, -0.25) is 14.3 Å². The number of carboxylic acids is 1. The maximum atomic E-state index is 12.3. The first kappa shape index (κ1) is 12.6. The number of aliphatic carboxylic acids is 1. The quantitative estimate of drug-likeness (QED) is 0.837. The topological polar surface area (TPSA) is 75.4 Å². The molecule has 1 N–H and O–H groups in total. The van der Waals surface area contributed by atoms with E-state index in [0.29, 0.717) is 5.56 Å². The van der Waals surface area contributed by atoms with Crippen LogP contribution >= 0.6 is 0 Å². The Morgan fingerprint density at radius 3 is 2.72 bits per heavy atom. The van der Waals surface area contributed by atoms with Crippen molar-refractivity contribution < 1.29 is 14.7 Å². The Bertz CT molecular complexity index is 465. The third-order valence-corrected chi connectivity index (χ3v) is 3.09. The summed E-state index contributed by atoms with van der Waals surface area (Å²) in [5.41, 5.74) is 0.516. The number of aryl methyl sites for hydroxylation is 1. The molecule has 98 valence electrons. The summed E-state index contributed by atoms with van der Waals surface area (Å²) < 4.78 is 1.57. The summed E-state index contributed by atoms with van der Waals surface area (Å²) in [5.74, 6) is -1.55. The molecule has 1 aliphatic carbocycles. The highest BCUT2D eigenvalue weighted by atomic mass is 16.4. The van der Waals surface area contributed by atoms with Crippen molar-refractivity contribution in [2.75, 3.05) is 6.54 Å². The molecule has 0 radical (unpaired) electrons. The van der Waals surface area contributed by atoms with Crippen LogP contribution in [0.25, 0.3) is 0 Å². The number of hydrogen-bond acceptors (Lipinski definition) is 3. The zero-order chi connectivity index (χ0) is 13.3. The van der Waals surface area contributed by atoms with Crippen molar-refractivity contribution >= 4 is 11.9 Å². The van der Waals surface area contributed by atoms with E-state index in [9.17, 15) is 9.59 Å². The average Bonchev–Trinajstić information content (AvgIpc) is 3.07. The van der Waals surface area contributed by atoms with Gasteiger partial charge >= 0.3 is 5.97 Å². The van der Waals surface area contributed by atoms with E-state index in [1.54, 1.807) is 29.7 Å². The molecule has 1 aromatic rings. The number of carbonyl (C=O) groups is 2. The fourth-order valence-electron chi connectivity index (χ4n) is 1.85. The lowest BCUT2D eigenvalue weighted by atomic mass is 10.1. The monoisotopic (exact) mass is 251 g/mol. The molecule has 1 saturated carbocycles. The van der Waals surface area contributed by atoms with Crippen LogP contribution in [-0.4, -0.2) is 44.3 Å². The lowest BCUT2D eigenvalue weighted by Gasteiger charge is -2.23. The Labute approximate surface area is 105 Å². The molecular weight excluding hydrogens is 234 g/mol. The van der Waals surface area contributed by atoms with Crippen molar-refractivity contribution in [3.63, 3.8) is 0 Å². The number of carbonyl (C=O) groups excluding carboxylic acids is 1. The smallest absolute Gasteiger partial charge is 0.308 e. The lowest BCUT2D eigenvalue weighted by molar-refractivity contribution is -0.141. The summed E-state index contributed by atoms with van der Waals surface area (Å²) in [6.07, 6.45) is 5.09. The molecule has 6 heteroatoms. The second-order valence-electron chi connectivity index (χ2n) is 4.83. The van der Waals surface area contributed by atoms with Crippen molar-refractivity contribution in [3.8, 4) is 0 Å². The van der Waals surface area contributed by atoms with Gasteiger partial charge in [0.05, 0.1) is 17.7 Å². The minimum absolute atomic E-state index is 0.126. The molecule has 0 unspecified atom stereocenters. The van der Waals surface area contributed by atoms with Crippen LogP contribution in [0.15, 0.2) is 12.4 Å². The molecule has 18 heavy (non-hydrogen) atoms. The molecule has 0 aromatic carbocycles. The van der Waals surface area contributed by atoms with Gasteiger partial charge in [-0.2, -0.15) is 5.10 Å². The minimum Gasteiger partial charge on any atom is -0.481 e. The molecule has 0 bridgehead atoms. The number of carboxylic acid groups (broad SMARTS) is 1. The van der Waals surface area contributed by atoms with E-state index in [-0.39, 0.29) is 18.5 Å². The zero-order valence-electron chi connectivity index (χ0n) is 10.5. The first-order valence-corrected chi connectivity index (χ1v) is 6.01. The normalized spacial score (nSPS) is 16.3. The van der Waals surface area contributed by atoms with E-state index in [0.717, 1.165) is 12.8 Å². The summed E-state index contributed by atoms with van der Waals surface area (Å²) in [4.78, 5) is 24.8. The number of rotatable bonds is 5. The van der Waals surface area contributed by atoms with Crippen molar-refractivity contribution in [1.29, 1.82) is 0 Å². The SMILES string of the molecule is C[C@H](CN(C(=O)c1cnn(C)c1)C1CC1)C(=O)O. The van der Waals surface area contributed by atoms with Crippen molar-refractivity contribution in [2.24, 2.45) is 13.0 Å². The molecule has 1 fully saturated rings. The summed E-state index contributed by atoms with van der Waals surface area (Å²) in [6, 6.07) is 0.194. The van der Waals surface area contributed by atoms with Gasteiger partial charge in [-0.05, 0) is 12.8 Å². The van der Waals surface area contributed by atoms with Crippen LogP contribution in [0.2, 0.25) is 0 Å². The molecule has 0 aliphatic heterocycles. The predicted octanol–water partition coefficient (Wildman–Crippen LogP) is 0.745. The van der Waals surface area contributed by atoms with Gasteiger partial charge in [-0.25, -0.2) is 0 Å². The maximum absolute atomic E-state index is 12.3. The molecule has 1 heterocycles. The van der Waals surface area contributed by atoms with E-state index < -0.39 is 11.9 Å². The van der Waals surface area contributed by atoms with Gasteiger partial charge in [0.25, 0.3) is 5.91 Å². The van der Waals surface area contributed by atoms with Gasteiger partial charge < -0.3 is 10.0 Å². The van der Waals surface area contributed by atoms with Crippen LogP contribution in [0.3, 0.4) is 0 Å². The van der Waals surface area contributed by atoms with Gasteiger partial charge in [0.2, 0.25) is 0 Å². The van der Waals surface area contributed by atoms with Crippen molar-refractivity contribution in [2.45, 2.75) is 25.8 Å². The molecule has 1 aliphatic rings. The van der Waals surface area contributed by atoms with Crippen LogP contribution in [0.4, 0.5) is 0 Å². The third-order valence-electron chi connectivity index (χ3n) is 3.09. The van der Waals surface area contributed by atoms with E-state index in [1.165, 1.54) is 6.20 Å². The number of aromatic nitrogens is 2. The van der Waals surface area contributed by atoms with E-state index >= 15 is 0 Å². The van der Waals surface area contributed by atoms with E-state index in [4.69, 9.17) is 5.11 Å². The minimum atomic E-state index is -0.875. The number of amides is 1. The predicted molar refractivity (Wildman–Crippen MR) is 64.1 cm³/mol. The molecule has 1 aromatic heterocycles. The van der Waals surface area contributed by atoms with E-state index in [1.807, 2.05) is 0 Å². The number of nitrogens with zero attached hydrogens (tertiary/aromatic N) is 3. The third kappa shape index (κ3) is 2.69. The van der Waals surface area contributed by atoms with Crippen LogP contribution in [0.1, 0.15) is 30.1 Å². The molecular formula is C12H17N3O3. The highest BCUT2D eigenvalue weighted by molar-refractivity contribution is 5.94. The van der Waals surface area contributed by atoms with Gasteiger partial charge in [0, 0.05) is 25.8 Å². The molecule has 0 saturated heterocycles. The molecule has 2 rings (SSSR count). The fraction of sp³-hybridized carbons (Fsp3) is 0.583. The fourth-order valence-corrected chi connectivity index (χ4v) is 1.85. The zero-order valence-corrected chi connectivity index (χ0v) is 10.5. The van der Waals surface area contributed by atoms with Gasteiger partial charge in [-0.1, -0.05) is 6.92 Å². The average molecular weight is 251 g/mol. The second-order valence-corrected chi connectivity index (χ2v) is 4.83. The summed E-state index contributed by atoms with van der Waals surface area (Å²) in [5, 5.41) is 12.9. The maximum Gasteiger partial charge on any atom is 0.308 e. The molecule has 1 amide bonds. The standard InChI is InChI=1S/C12H17N3O3/c1-8(12(17)18)6-15(10-3-4-10)11(16)9-5-13-14(2)7-9/h5,7-8,10H,3-4,6H2,1-2H3,(H,17,18)/t8-/m1/s1. The first-order valence-electron chi connectivity index (χ1n) is 6.01. The Balaban J connectivity index is 2.10. The summed E-state index contributed by atoms with van der Waals surface area (Å²) >= 11 is 0. The highest BCUT2D eigenvalue weighted by Crippen LogP contribution is 2.29. The Morgan fingerprint density at radius 1 is 1.61 bits per heavy atom. The van der Waals surface area contributed by atoms with Crippen molar-refractivity contribution in [3.05, 3.63) is 18.0 Å². The van der Waals surface area contributed by atoms with E-state index in [2.05, 4.69) is 5.10 Å². The van der Waals surface area contributed by atoms with Crippen molar-refractivity contribution in [1.82, 2.24) is 14.7 Å². The van der Waals surface area contributed by atoms with Crippen LogP contribution < -0.4 is 0 Å². The summed E-state index contributed by atoms with van der Waals surface area (Å²) in [6.45, 7) is 1.88. The van der Waals surface area contributed by atoms with Crippen LogP contribution in [0, 0.1) is 5.92 Å². The highest BCUT2D eigenvalue weighted by Gasteiger charge is 2.35. The van der Waals surface area contributed by atoms with Gasteiger partial charge in [0.1, 0.15) is 0 Å². The molecule has 6 nitrogen and oxygen atoms in total. The Kier molecular flexibility index (Phi) is 3.36. The van der Waals surface area contributed by atoms with Gasteiger partial charge in [0.15, 0.2) is 0 Å². The Hall–Kier alpha value is -1.85. The largest absolute Gasteiger partial charge is 0.481 e. The first-order chi connectivity index (χ1) is 8.49. The molecule has 0 spiro atoms. The number of hydrogen-bond donors (Lipinski definition) is 1.